The van der Waals surface area contributed by atoms with E-state index in [0.29, 0.717) is 6.42 Å². The first-order valence-corrected chi connectivity index (χ1v) is 27.2. The predicted molar refractivity (Wildman–Crippen MR) is 182 cm³/mol. The molecule has 42 heavy (non-hydrogen) atoms. The molecule has 0 aliphatic carbocycles. The minimum absolute atomic E-state index is 0.123. The molecule has 10 heteroatoms. The van der Waals surface area contributed by atoms with E-state index in [2.05, 4.69) is 65.8 Å². The molecule has 250 valence electrons. The maximum Gasteiger partial charge on any atom is 0.305 e. The van der Waals surface area contributed by atoms with Crippen LogP contribution in [0.3, 0.4) is 0 Å². The average Bonchev–Trinajstić information content (AvgIpc) is 2.86. The number of methoxy groups -OCH3 is 1. The third-order valence-electron chi connectivity index (χ3n) is 7.19. The summed E-state index contributed by atoms with van der Waals surface area (Å²) >= 11 is 0. The van der Waals surface area contributed by atoms with E-state index >= 15 is 0 Å². The molecular weight excluding hydrogens is 581 g/mol. The van der Waals surface area contributed by atoms with Gasteiger partial charge in [-0.1, -0.05) is 84.0 Å². The van der Waals surface area contributed by atoms with Crippen molar-refractivity contribution in [3.63, 3.8) is 0 Å². The lowest BCUT2D eigenvalue weighted by Crippen LogP contribution is -2.66. The van der Waals surface area contributed by atoms with E-state index in [1.807, 2.05) is 0 Å². The van der Waals surface area contributed by atoms with Gasteiger partial charge in [-0.3, -0.25) is 4.79 Å². The largest absolute Gasteiger partial charge is 0.463 e. The molecule has 0 aromatic heterocycles. The Morgan fingerprint density at radius 2 is 1.00 bits per heavy atom. The molecule has 7 nitrogen and oxygen atoms in total. The van der Waals surface area contributed by atoms with Crippen LogP contribution in [0, 0.1) is 0 Å². The third kappa shape index (κ3) is 18.7. The Hall–Kier alpha value is -0.0794. The van der Waals surface area contributed by atoms with Crippen molar-refractivity contribution in [2.45, 2.75) is 186 Å². The lowest BCUT2D eigenvalue weighted by atomic mass is 9.99. The fourth-order valence-electron chi connectivity index (χ4n) is 5.36. The summed E-state index contributed by atoms with van der Waals surface area (Å²) in [5.74, 6) is -0.175. The normalized spacial score (nSPS) is 23.7. The van der Waals surface area contributed by atoms with E-state index in [9.17, 15) is 4.79 Å². The molecule has 0 N–H and O–H groups in total. The van der Waals surface area contributed by atoms with Crippen LogP contribution >= 0.6 is 0 Å². The maximum atomic E-state index is 12.7. The number of hydrogen-bond donors (Lipinski definition) is 0. The minimum Gasteiger partial charge on any atom is -0.463 e. The van der Waals surface area contributed by atoms with Gasteiger partial charge in [0, 0.05) is 13.5 Å². The Morgan fingerprint density at radius 1 is 0.595 bits per heavy atom. The van der Waals surface area contributed by atoms with Gasteiger partial charge in [0.25, 0.3) is 0 Å². The first kappa shape index (κ1) is 39.9. The molecule has 0 radical (unpaired) electrons. The zero-order chi connectivity index (χ0) is 31.8. The molecule has 1 rings (SSSR count). The summed E-state index contributed by atoms with van der Waals surface area (Å²) in [7, 11) is -4.32. The van der Waals surface area contributed by atoms with Crippen molar-refractivity contribution < 1.29 is 32.3 Å². The van der Waals surface area contributed by atoms with Crippen molar-refractivity contribution in [2.24, 2.45) is 0 Å². The molecule has 5 atom stereocenters. The molecule has 1 fully saturated rings. The van der Waals surface area contributed by atoms with E-state index in [0.717, 1.165) is 12.8 Å². The summed E-state index contributed by atoms with van der Waals surface area (Å²) in [4.78, 5) is 12.7. The van der Waals surface area contributed by atoms with Crippen molar-refractivity contribution >= 4 is 30.9 Å². The quantitative estimate of drug-likeness (QED) is 0.0622. The lowest BCUT2D eigenvalue weighted by Gasteiger charge is -2.50. The van der Waals surface area contributed by atoms with Gasteiger partial charge in [0.1, 0.15) is 31.0 Å². The summed E-state index contributed by atoms with van der Waals surface area (Å²) in [6, 6.07) is 0. The molecule has 5 unspecified atom stereocenters. The molecule has 0 amide bonds. The molecule has 0 saturated carbocycles. The van der Waals surface area contributed by atoms with Crippen LogP contribution < -0.4 is 0 Å². The van der Waals surface area contributed by atoms with Gasteiger partial charge in [-0.05, 0) is 65.3 Å². The zero-order valence-electron chi connectivity index (χ0n) is 29.4. The molecule has 0 aromatic carbocycles. The van der Waals surface area contributed by atoms with Crippen LogP contribution in [0.25, 0.3) is 0 Å². The lowest BCUT2D eigenvalue weighted by molar-refractivity contribution is -0.285. The summed E-state index contributed by atoms with van der Waals surface area (Å²) in [5, 5.41) is 0. The highest BCUT2D eigenvalue weighted by Gasteiger charge is 2.52. The second-order valence-corrected chi connectivity index (χ2v) is 28.4. The molecule has 0 aromatic rings. The minimum atomic E-state index is -2.00. The Balaban J connectivity index is 2.61. The number of unbranched alkanes of at least 4 members (excludes halogenated alkanes) is 12. The Morgan fingerprint density at radius 3 is 1.43 bits per heavy atom. The summed E-state index contributed by atoms with van der Waals surface area (Å²) in [6.45, 7) is 21.9. The third-order valence-corrected chi connectivity index (χ3v) is 10.1. The first-order valence-electron chi connectivity index (χ1n) is 16.9. The number of ether oxygens (including phenoxy) is 3. The highest BCUT2D eigenvalue weighted by Crippen LogP contribution is 2.34. The van der Waals surface area contributed by atoms with Crippen molar-refractivity contribution in [1.82, 2.24) is 0 Å². The van der Waals surface area contributed by atoms with Gasteiger partial charge in [-0.2, -0.15) is 0 Å². The summed E-state index contributed by atoms with van der Waals surface area (Å²) < 4.78 is 38.0. The van der Waals surface area contributed by atoms with E-state index in [1.54, 1.807) is 7.11 Å². The van der Waals surface area contributed by atoms with Crippen molar-refractivity contribution in [3.8, 4) is 0 Å². The van der Waals surface area contributed by atoms with E-state index in [-0.39, 0.29) is 18.7 Å². The Kier molecular flexibility index (Phi) is 19.1. The number of rotatable bonds is 23. The standard InChI is InChI=1S/C32H68O7Si3/c1-12-13-14-15-16-17-18-19-20-21-22-23-24-25-28(33)35-26-27-29(37-40(3,4)5)30(38-41(6,7)8)31(32(34-2)36-27)39-42(9,10)11/h27,29-32H,12-26H2,1-11H3. The van der Waals surface area contributed by atoms with E-state index in [4.69, 9.17) is 27.5 Å². The Bertz CT molecular complexity index is 718. The number of hydrogen-bond acceptors (Lipinski definition) is 7. The molecular formula is C32H68O7Si3. The highest BCUT2D eigenvalue weighted by atomic mass is 28.4. The first-order chi connectivity index (χ1) is 19.6. The topological polar surface area (TPSA) is 72.5 Å². The maximum absolute atomic E-state index is 12.7. The average molecular weight is 649 g/mol. The van der Waals surface area contributed by atoms with Crippen molar-refractivity contribution in [1.29, 1.82) is 0 Å². The van der Waals surface area contributed by atoms with Gasteiger partial charge < -0.3 is 27.5 Å². The second kappa shape index (κ2) is 20.1. The van der Waals surface area contributed by atoms with Crippen LogP contribution in [0.15, 0.2) is 0 Å². The molecule has 1 saturated heterocycles. The molecule has 1 aliphatic heterocycles. The van der Waals surface area contributed by atoms with Gasteiger partial charge in [0.05, 0.1) is 0 Å². The van der Waals surface area contributed by atoms with E-state index < -0.39 is 49.6 Å². The van der Waals surface area contributed by atoms with Crippen LogP contribution in [0.2, 0.25) is 58.9 Å². The van der Waals surface area contributed by atoms with Gasteiger partial charge in [-0.15, -0.1) is 0 Å². The molecule has 0 spiro atoms. The van der Waals surface area contributed by atoms with Crippen LogP contribution in [0.1, 0.15) is 96.8 Å². The second-order valence-electron chi connectivity index (χ2n) is 15.0. The smallest absolute Gasteiger partial charge is 0.305 e. The van der Waals surface area contributed by atoms with Gasteiger partial charge in [0.2, 0.25) is 0 Å². The van der Waals surface area contributed by atoms with Crippen molar-refractivity contribution in [2.75, 3.05) is 13.7 Å². The molecule has 1 aliphatic rings. The number of esters is 1. The molecule has 0 bridgehead atoms. The summed E-state index contributed by atoms with van der Waals surface area (Å²) in [6.07, 6.45) is 14.8. The highest BCUT2D eigenvalue weighted by molar-refractivity contribution is 6.70. The Labute approximate surface area is 262 Å². The zero-order valence-corrected chi connectivity index (χ0v) is 32.4. The van der Waals surface area contributed by atoms with Crippen LogP contribution in [-0.2, 0) is 32.3 Å². The SMILES string of the molecule is CCCCCCCCCCCCCCCC(=O)OCC1OC(OC)C(O[Si](C)(C)C)C(O[Si](C)(C)C)C1O[Si](C)(C)C. The summed E-state index contributed by atoms with van der Waals surface area (Å²) in [5.41, 5.74) is 0. The van der Waals surface area contributed by atoms with E-state index in [1.165, 1.54) is 70.6 Å². The van der Waals surface area contributed by atoms with Gasteiger partial charge in [0.15, 0.2) is 31.2 Å². The fraction of sp³-hybridized carbons (Fsp3) is 0.969. The van der Waals surface area contributed by atoms with Gasteiger partial charge in [-0.25, -0.2) is 0 Å². The van der Waals surface area contributed by atoms with Crippen LogP contribution in [-0.4, -0.2) is 75.3 Å². The number of carbonyl (C=O) groups is 1. The monoisotopic (exact) mass is 648 g/mol. The van der Waals surface area contributed by atoms with Crippen molar-refractivity contribution in [3.05, 3.63) is 0 Å². The predicted octanol–water partition coefficient (Wildman–Crippen LogP) is 9.04. The van der Waals surface area contributed by atoms with Crippen LogP contribution in [0.5, 0.6) is 0 Å². The number of carbonyl (C=O) groups excluding carboxylic acids is 1. The fourth-order valence-corrected chi connectivity index (χ4v) is 8.61. The van der Waals surface area contributed by atoms with Crippen LogP contribution in [0.4, 0.5) is 0 Å². The molecule has 1 heterocycles. The van der Waals surface area contributed by atoms with Gasteiger partial charge >= 0.3 is 5.97 Å².